The molecule has 2 rings (SSSR count). The molecule has 160 valence electrons. The van der Waals surface area contributed by atoms with Crippen LogP contribution in [-0.4, -0.2) is 15.9 Å². The minimum atomic E-state index is -0.750. The third kappa shape index (κ3) is 7.26. The van der Waals surface area contributed by atoms with Gasteiger partial charge < -0.3 is 4.74 Å². The molecule has 0 saturated heterocycles. The Bertz CT molecular complexity index is 810. The van der Waals surface area contributed by atoms with Gasteiger partial charge in [0, 0.05) is 11.8 Å². The molecule has 5 nitrogen and oxygen atoms in total. The van der Waals surface area contributed by atoms with Crippen LogP contribution in [0.4, 0.5) is 0 Å². The molecular weight excluding hydrogens is 374 g/mol. The zero-order valence-corrected chi connectivity index (χ0v) is 18.4. The summed E-state index contributed by atoms with van der Waals surface area (Å²) in [5.74, 6) is -0.856. The van der Waals surface area contributed by atoms with Gasteiger partial charge in [-0.3, -0.25) is 14.8 Å². The van der Waals surface area contributed by atoms with Crippen LogP contribution in [0.3, 0.4) is 0 Å². The normalized spacial score (nSPS) is 12.7. The molecule has 30 heavy (non-hydrogen) atoms. The molecule has 0 radical (unpaired) electrons. The number of ether oxygens (including phenoxy) is 1. The minimum Gasteiger partial charge on any atom is -0.426 e. The number of nitrogens with zero attached hydrogens (tertiary/aromatic N) is 3. The van der Waals surface area contributed by atoms with Gasteiger partial charge in [0.1, 0.15) is 11.7 Å². The van der Waals surface area contributed by atoms with E-state index in [1.807, 2.05) is 38.2 Å². The Morgan fingerprint density at radius 3 is 2.33 bits per heavy atom. The largest absolute Gasteiger partial charge is 0.426 e. The molecule has 0 aliphatic rings. The highest BCUT2D eigenvalue weighted by molar-refractivity contribution is 5.78. The lowest BCUT2D eigenvalue weighted by molar-refractivity contribution is -0.138. The van der Waals surface area contributed by atoms with Crippen molar-refractivity contribution in [2.24, 2.45) is 11.8 Å². The van der Waals surface area contributed by atoms with E-state index in [2.05, 4.69) is 16.9 Å². The molecule has 0 fully saturated rings. The Labute approximate surface area is 180 Å². The zero-order chi connectivity index (χ0) is 21.8. The van der Waals surface area contributed by atoms with E-state index in [9.17, 15) is 10.1 Å². The van der Waals surface area contributed by atoms with E-state index in [0.717, 1.165) is 36.2 Å². The van der Waals surface area contributed by atoms with Crippen LogP contribution in [0, 0.1) is 23.2 Å². The van der Waals surface area contributed by atoms with Crippen LogP contribution < -0.4 is 4.74 Å². The van der Waals surface area contributed by atoms with E-state index < -0.39 is 11.9 Å². The van der Waals surface area contributed by atoms with Gasteiger partial charge in [0.15, 0.2) is 0 Å². The van der Waals surface area contributed by atoms with Crippen molar-refractivity contribution in [1.29, 1.82) is 5.26 Å². The minimum absolute atomic E-state index is 0.0353. The van der Waals surface area contributed by atoms with Gasteiger partial charge in [-0.05, 0) is 43.0 Å². The first-order chi connectivity index (χ1) is 14.6. The van der Waals surface area contributed by atoms with Gasteiger partial charge in [0.2, 0.25) is 0 Å². The average molecular weight is 408 g/mol. The fraction of sp³-hybridized carbons (Fsp3) is 0.520. The zero-order valence-electron chi connectivity index (χ0n) is 18.4. The highest BCUT2D eigenvalue weighted by atomic mass is 16.5. The van der Waals surface area contributed by atoms with Crippen molar-refractivity contribution in [3.63, 3.8) is 0 Å². The standard InChI is InChI=1S/C25H33N3O2/c1-4-6-7-8-9-10-11-21-17-28-24(18-27-21)20-12-14-22(15-13-20)30-25(29)23(16-26)19(3)5-2/h12-15,17-19,23H,4-11H2,1-3H3. The number of carbonyl (C=O) groups is 1. The number of aryl methyl sites for hydroxylation is 1. The number of unbranched alkanes of at least 4 members (excludes halogenated alkanes) is 5. The van der Waals surface area contributed by atoms with E-state index in [0.29, 0.717) is 5.75 Å². The van der Waals surface area contributed by atoms with Crippen LogP contribution in [0.1, 0.15) is 71.4 Å². The second-order valence-corrected chi connectivity index (χ2v) is 7.85. The van der Waals surface area contributed by atoms with Gasteiger partial charge in [-0.25, -0.2) is 0 Å². The summed E-state index contributed by atoms with van der Waals surface area (Å²) in [4.78, 5) is 21.3. The summed E-state index contributed by atoms with van der Waals surface area (Å²) < 4.78 is 5.38. The maximum Gasteiger partial charge on any atom is 0.328 e. The first kappa shape index (κ1) is 23.5. The first-order valence-electron chi connectivity index (χ1n) is 11.1. The maximum absolute atomic E-state index is 12.2. The van der Waals surface area contributed by atoms with E-state index in [-0.39, 0.29) is 5.92 Å². The molecule has 2 unspecified atom stereocenters. The van der Waals surface area contributed by atoms with Gasteiger partial charge in [0.05, 0.1) is 23.7 Å². The van der Waals surface area contributed by atoms with Gasteiger partial charge in [-0.15, -0.1) is 0 Å². The van der Waals surface area contributed by atoms with Crippen molar-refractivity contribution in [2.75, 3.05) is 0 Å². The lowest BCUT2D eigenvalue weighted by Crippen LogP contribution is -2.24. The molecular formula is C25H33N3O2. The van der Waals surface area contributed by atoms with E-state index in [1.165, 1.54) is 32.1 Å². The van der Waals surface area contributed by atoms with Crippen LogP contribution in [0.15, 0.2) is 36.7 Å². The SMILES string of the molecule is CCCCCCCCc1cnc(-c2ccc(OC(=O)C(C#N)C(C)CC)cc2)cn1. The summed E-state index contributed by atoms with van der Waals surface area (Å²) in [5, 5.41) is 9.23. The highest BCUT2D eigenvalue weighted by Gasteiger charge is 2.25. The second-order valence-electron chi connectivity index (χ2n) is 7.85. The van der Waals surface area contributed by atoms with Gasteiger partial charge >= 0.3 is 5.97 Å². The Morgan fingerprint density at radius 1 is 1.03 bits per heavy atom. The van der Waals surface area contributed by atoms with Crippen molar-refractivity contribution >= 4 is 5.97 Å². The summed E-state index contributed by atoms with van der Waals surface area (Å²) in [6.07, 6.45) is 13.0. The van der Waals surface area contributed by atoms with E-state index in [4.69, 9.17) is 4.74 Å². The quantitative estimate of drug-likeness (QED) is 0.240. The lowest BCUT2D eigenvalue weighted by atomic mass is 9.93. The molecule has 0 saturated carbocycles. The summed E-state index contributed by atoms with van der Waals surface area (Å²) in [5.41, 5.74) is 2.72. The maximum atomic E-state index is 12.2. The summed E-state index contributed by atoms with van der Waals surface area (Å²) in [6, 6.07) is 9.21. The van der Waals surface area contributed by atoms with Crippen molar-refractivity contribution in [2.45, 2.75) is 72.1 Å². The molecule has 0 aliphatic carbocycles. The molecule has 0 N–H and O–H groups in total. The van der Waals surface area contributed by atoms with Crippen LogP contribution in [0.25, 0.3) is 11.3 Å². The summed E-state index contributed by atoms with van der Waals surface area (Å²) in [6.45, 7) is 6.07. The fourth-order valence-electron chi connectivity index (χ4n) is 3.24. The Balaban J connectivity index is 1.88. The number of carbonyl (C=O) groups excluding carboxylic acids is 1. The topological polar surface area (TPSA) is 75.9 Å². The van der Waals surface area contributed by atoms with Gasteiger partial charge in [-0.2, -0.15) is 5.26 Å². The molecule has 0 spiro atoms. The molecule has 0 aliphatic heterocycles. The van der Waals surface area contributed by atoms with Crippen molar-refractivity contribution < 1.29 is 9.53 Å². The molecule has 0 amide bonds. The summed E-state index contributed by atoms with van der Waals surface area (Å²) >= 11 is 0. The molecule has 1 heterocycles. The lowest BCUT2D eigenvalue weighted by Gasteiger charge is -2.14. The third-order valence-corrected chi connectivity index (χ3v) is 5.47. The van der Waals surface area contributed by atoms with Crippen LogP contribution in [0.5, 0.6) is 5.75 Å². The Kier molecular flexibility index (Phi) is 10.00. The van der Waals surface area contributed by atoms with Crippen molar-refractivity contribution in [1.82, 2.24) is 9.97 Å². The second kappa shape index (κ2) is 12.7. The number of esters is 1. The van der Waals surface area contributed by atoms with Gasteiger partial charge in [0.25, 0.3) is 0 Å². The van der Waals surface area contributed by atoms with Crippen LogP contribution >= 0.6 is 0 Å². The molecule has 2 atom stereocenters. The smallest absolute Gasteiger partial charge is 0.328 e. The van der Waals surface area contributed by atoms with Gasteiger partial charge in [-0.1, -0.05) is 59.3 Å². The van der Waals surface area contributed by atoms with E-state index >= 15 is 0 Å². The first-order valence-corrected chi connectivity index (χ1v) is 11.1. The molecule has 1 aromatic carbocycles. The number of benzene rings is 1. The molecule has 5 heteroatoms. The predicted molar refractivity (Wildman–Crippen MR) is 119 cm³/mol. The monoisotopic (exact) mass is 407 g/mol. The Morgan fingerprint density at radius 2 is 1.73 bits per heavy atom. The van der Waals surface area contributed by atoms with Crippen LogP contribution in [-0.2, 0) is 11.2 Å². The summed E-state index contributed by atoms with van der Waals surface area (Å²) in [7, 11) is 0. The third-order valence-electron chi connectivity index (χ3n) is 5.47. The number of hydrogen-bond donors (Lipinski definition) is 0. The number of aromatic nitrogens is 2. The fourth-order valence-corrected chi connectivity index (χ4v) is 3.24. The van der Waals surface area contributed by atoms with Crippen molar-refractivity contribution in [3.8, 4) is 23.1 Å². The average Bonchev–Trinajstić information content (AvgIpc) is 2.77. The number of nitriles is 1. The number of hydrogen-bond acceptors (Lipinski definition) is 5. The van der Waals surface area contributed by atoms with E-state index in [1.54, 1.807) is 18.3 Å². The predicted octanol–water partition coefficient (Wildman–Crippen LogP) is 6.14. The molecule has 2 aromatic rings. The highest BCUT2D eigenvalue weighted by Crippen LogP contribution is 2.23. The Hall–Kier alpha value is -2.74. The number of rotatable bonds is 12. The van der Waals surface area contributed by atoms with Crippen molar-refractivity contribution in [3.05, 3.63) is 42.4 Å². The molecule has 1 aromatic heterocycles. The molecule has 0 bridgehead atoms. The van der Waals surface area contributed by atoms with Crippen LogP contribution in [0.2, 0.25) is 0 Å².